The summed E-state index contributed by atoms with van der Waals surface area (Å²) < 4.78 is 0. The molecule has 0 unspecified atom stereocenters. The number of aliphatic carboxylic acids is 3. The van der Waals surface area contributed by atoms with E-state index < -0.39 is 17.9 Å². The van der Waals surface area contributed by atoms with Crippen molar-refractivity contribution in [2.45, 2.75) is 0 Å². The van der Waals surface area contributed by atoms with E-state index in [0.717, 1.165) is 0 Å². The number of nitrogens with two attached hydrogens (primary N) is 3. The molecule has 0 saturated heterocycles. The van der Waals surface area contributed by atoms with Gasteiger partial charge in [-0.2, -0.15) is 0 Å². The molecular formula is C6H15AlCl3N3O6Zr. The van der Waals surface area contributed by atoms with E-state index in [0.29, 0.717) is 0 Å². The number of rotatable bonds is 3. The zero-order valence-electron chi connectivity index (χ0n) is 10.1. The molecule has 20 heavy (non-hydrogen) atoms. The Morgan fingerprint density at radius 3 is 0.700 bits per heavy atom. The van der Waals surface area contributed by atoms with E-state index in [4.69, 9.17) is 29.7 Å². The Bertz CT molecular complexity index is 185. The van der Waals surface area contributed by atoms with Crippen molar-refractivity contribution in [3.8, 4) is 0 Å². The topological polar surface area (TPSA) is 198 Å². The molecule has 0 aliphatic rings. The third kappa shape index (κ3) is 133. The van der Waals surface area contributed by atoms with Gasteiger partial charge in [0.15, 0.2) is 0 Å². The predicted octanol–water partition coefficient (Wildman–Crippen LogP) is -6.03. The normalized spacial score (nSPS) is 5.55. The van der Waals surface area contributed by atoms with Crippen LogP contribution in [0.1, 0.15) is 0 Å². The standard InChI is InChI=1S/3C2H5NO2.Al.3ClH.Zr/c3*3-1-2(4)5;;;;;/h3*1,3H2,(H,4,5);;3*1H;/q;;;+3;;;;/p-3. The van der Waals surface area contributed by atoms with Gasteiger partial charge in [0.2, 0.25) is 0 Å². The molecule has 0 aliphatic carbocycles. The van der Waals surface area contributed by atoms with Gasteiger partial charge >= 0.3 is 17.4 Å². The molecule has 0 aromatic heterocycles. The summed E-state index contributed by atoms with van der Waals surface area (Å²) in [5.41, 5.74) is 13.5. The Kier molecular flexibility index (Phi) is 106. The van der Waals surface area contributed by atoms with Crippen molar-refractivity contribution in [2.24, 2.45) is 17.2 Å². The quantitative estimate of drug-likeness (QED) is 0.351. The number of halogens is 3. The molecule has 0 radical (unpaired) electrons. The Labute approximate surface area is 164 Å². The van der Waals surface area contributed by atoms with E-state index in [9.17, 15) is 0 Å². The molecular weight excluding hydrogens is 435 g/mol. The van der Waals surface area contributed by atoms with Crippen LogP contribution in [0.2, 0.25) is 0 Å². The van der Waals surface area contributed by atoms with Crippen molar-refractivity contribution in [3.63, 3.8) is 0 Å². The van der Waals surface area contributed by atoms with Crippen LogP contribution in [0.5, 0.6) is 0 Å². The summed E-state index contributed by atoms with van der Waals surface area (Å²) in [6, 6.07) is 0. The maximum absolute atomic E-state index is 9.13. The summed E-state index contributed by atoms with van der Waals surface area (Å²) in [5.74, 6) is -3.65. The van der Waals surface area contributed by atoms with Gasteiger partial charge in [0.05, 0.1) is 17.9 Å². The molecule has 0 aromatic carbocycles. The van der Waals surface area contributed by atoms with Crippen LogP contribution in [-0.4, -0.2) is 54.9 Å². The summed E-state index contributed by atoms with van der Waals surface area (Å²) in [7, 11) is 0. The van der Waals surface area contributed by atoms with Gasteiger partial charge in [0.1, 0.15) is 0 Å². The smallest absolute Gasteiger partial charge is 0.549 e. The van der Waals surface area contributed by atoms with Crippen LogP contribution in [-0.2, 0) is 40.6 Å². The molecule has 0 heterocycles. The van der Waals surface area contributed by atoms with Crippen LogP contribution in [0.15, 0.2) is 0 Å². The van der Waals surface area contributed by atoms with E-state index in [-0.39, 0.29) is 100 Å². The van der Waals surface area contributed by atoms with Crippen molar-refractivity contribution in [1.29, 1.82) is 0 Å². The zero-order valence-corrected chi connectivity index (χ0v) is 16.2. The van der Waals surface area contributed by atoms with Gasteiger partial charge in [0, 0.05) is 45.8 Å². The minimum Gasteiger partial charge on any atom is -0.549 e. The van der Waals surface area contributed by atoms with Gasteiger partial charge in [-0.25, -0.2) is 0 Å². The molecule has 0 saturated carbocycles. The average molecular weight is 450 g/mol. The number of hydrogen-bond donors (Lipinski definition) is 3. The minimum absolute atomic E-state index is 0. The summed E-state index contributed by atoms with van der Waals surface area (Å²) in [6.07, 6.45) is 0. The van der Waals surface area contributed by atoms with Crippen molar-refractivity contribution < 1.29 is 55.9 Å². The number of carboxylic acids is 3. The van der Waals surface area contributed by atoms with Crippen LogP contribution in [0, 0.1) is 0 Å². The van der Waals surface area contributed by atoms with E-state index in [1.165, 1.54) is 0 Å². The molecule has 14 heteroatoms. The third-order valence-electron chi connectivity index (χ3n) is 0.500. The van der Waals surface area contributed by atoms with Crippen molar-refractivity contribution in [3.05, 3.63) is 0 Å². The first-order valence-corrected chi connectivity index (χ1v) is 3.51. The van der Waals surface area contributed by atoms with Gasteiger partial charge in [-0.3, -0.25) is 0 Å². The Balaban J connectivity index is -0.0000000160. The molecule has 0 bridgehead atoms. The molecule has 0 spiro atoms. The van der Waals surface area contributed by atoms with Gasteiger partial charge in [-0.1, -0.05) is 0 Å². The largest absolute Gasteiger partial charge is 3.00 e. The summed E-state index contributed by atoms with van der Waals surface area (Å²) in [6.45, 7) is -1.17. The Morgan fingerprint density at radius 1 is 0.650 bits per heavy atom. The van der Waals surface area contributed by atoms with Crippen LogP contribution in [0.3, 0.4) is 0 Å². The molecule has 0 aromatic rings. The van der Waals surface area contributed by atoms with E-state index >= 15 is 0 Å². The molecule has 9 nitrogen and oxygen atoms in total. The first-order chi connectivity index (χ1) is 6.81. The maximum atomic E-state index is 9.13. The van der Waals surface area contributed by atoms with Gasteiger partial charge < -0.3 is 46.9 Å². The SMILES string of the molecule is Cl.Cl.Cl.NCC(=O)[O-].NCC(=O)[O-].NCC(=O)[O-].[Al+3].[Zr]. The monoisotopic (exact) mass is 447 g/mol. The van der Waals surface area contributed by atoms with E-state index in [2.05, 4.69) is 17.2 Å². The predicted molar refractivity (Wildman–Crippen MR) is 69.7 cm³/mol. The fourth-order valence-electron chi connectivity index (χ4n) is 0. The molecule has 118 valence electrons. The third-order valence-corrected chi connectivity index (χ3v) is 0.500. The second-order valence-corrected chi connectivity index (χ2v) is 1.73. The summed E-state index contributed by atoms with van der Waals surface area (Å²) in [5, 5.41) is 27.4. The maximum Gasteiger partial charge on any atom is 3.00 e. The van der Waals surface area contributed by atoms with E-state index in [1.807, 2.05) is 0 Å². The zero-order chi connectivity index (χ0) is 12.9. The van der Waals surface area contributed by atoms with Crippen LogP contribution >= 0.6 is 37.2 Å². The second-order valence-electron chi connectivity index (χ2n) is 1.73. The van der Waals surface area contributed by atoms with Crippen molar-refractivity contribution in [2.75, 3.05) is 19.6 Å². The molecule has 0 rings (SSSR count). The molecule has 6 N–H and O–H groups in total. The van der Waals surface area contributed by atoms with E-state index in [1.54, 1.807) is 0 Å². The van der Waals surface area contributed by atoms with Gasteiger partial charge in [-0.15, -0.1) is 37.2 Å². The first kappa shape index (κ1) is 49.9. The van der Waals surface area contributed by atoms with Gasteiger partial charge in [0.25, 0.3) is 0 Å². The molecule has 0 atom stereocenters. The number of carboxylic acid groups (broad SMARTS) is 3. The van der Waals surface area contributed by atoms with Crippen molar-refractivity contribution in [1.82, 2.24) is 0 Å². The average Bonchev–Trinajstić information content (AvgIpc) is 2.19. The van der Waals surface area contributed by atoms with Crippen LogP contribution in [0.25, 0.3) is 0 Å². The van der Waals surface area contributed by atoms with Gasteiger partial charge in [-0.05, 0) is 0 Å². The van der Waals surface area contributed by atoms with Crippen LogP contribution < -0.4 is 32.5 Å². The number of carbonyl (C=O) groups is 3. The molecule has 0 aliphatic heterocycles. The van der Waals surface area contributed by atoms with Crippen LogP contribution in [0.4, 0.5) is 0 Å². The molecule has 0 amide bonds. The minimum atomic E-state index is -1.22. The number of carbonyl (C=O) groups excluding carboxylic acids is 3. The summed E-state index contributed by atoms with van der Waals surface area (Å²) >= 11 is 0. The fraction of sp³-hybridized carbons (Fsp3) is 0.500. The summed E-state index contributed by atoms with van der Waals surface area (Å²) in [4.78, 5) is 27.4. The van der Waals surface area contributed by atoms with Crippen molar-refractivity contribution >= 4 is 72.5 Å². The second kappa shape index (κ2) is 42.7. The fourth-order valence-corrected chi connectivity index (χ4v) is 0. The Morgan fingerprint density at radius 2 is 0.700 bits per heavy atom. The Hall–Kier alpha value is 0.576. The first-order valence-electron chi connectivity index (χ1n) is 3.51. The molecule has 0 fully saturated rings. The number of hydrogen-bond acceptors (Lipinski definition) is 9.